The Morgan fingerprint density at radius 3 is 3.00 bits per heavy atom. The van der Waals surface area contributed by atoms with Crippen molar-refractivity contribution in [3.8, 4) is 0 Å². The van der Waals surface area contributed by atoms with E-state index in [2.05, 4.69) is 5.43 Å². The summed E-state index contributed by atoms with van der Waals surface area (Å²) in [4.78, 5) is 13.4. The molecule has 1 atom stereocenters. The second-order valence-electron chi connectivity index (χ2n) is 4.11. The Labute approximate surface area is 100 Å². The van der Waals surface area contributed by atoms with E-state index in [1.165, 1.54) is 6.26 Å². The maximum Gasteiger partial charge on any atom is 0.268 e. The van der Waals surface area contributed by atoms with E-state index in [9.17, 15) is 9.90 Å². The fourth-order valence-electron chi connectivity index (χ4n) is 1.47. The summed E-state index contributed by atoms with van der Waals surface area (Å²) in [5.41, 5.74) is 2.51. The highest BCUT2D eigenvalue weighted by Gasteiger charge is 2.15. The summed E-state index contributed by atoms with van der Waals surface area (Å²) >= 11 is 0. The molecule has 0 aliphatic heterocycles. The molecule has 1 unspecified atom stereocenters. The third kappa shape index (κ3) is 4.18. The van der Waals surface area contributed by atoms with Crippen LogP contribution >= 0.6 is 0 Å². The summed E-state index contributed by atoms with van der Waals surface area (Å²) in [6.45, 7) is 2.97. The number of hydrogen-bond donors (Lipinski definition) is 3. The number of rotatable bonds is 6. The molecule has 0 aliphatic rings. The fraction of sp³-hybridized carbons (Fsp3) is 0.545. The van der Waals surface area contributed by atoms with Crippen LogP contribution in [-0.2, 0) is 6.54 Å². The first-order valence-electron chi connectivity index (χ1n) is 5.48. The van der Waals surface area contributed by atoms with Crippen LogP contribution < -0.4 is 11.3 Å². The van der Waals surface area contributed by atoms with Crippen LogP contribution in [0.3, 0.4) is 0 Å². The van der Waals surface area contributed by atoms with E-state index in [4.69, 9.17) is 10.3 Å². The SMILES string of the molecule is CC(O)CCN(C)Cc1occc1C(=O)NN. The lowest BCUT2D eigenvalue weighted by Gasteiger charge is -2.16. The van der Waals surface area contributed by atoms with Crippen molar-refractivity contribution in [2.45, 2.75) is 26.0 Å². The molecule has 1 aromatic heterocycles. The van der Waals surface area contributed by atoms with Crippen molar-refractivity contribution < 1.29 is 14.3 Å². The lowest BCUT2D eigenvalue weighted by atomic mass is 10.2. The molecule has 0 bridgehead atoms. The van der Waals surface area contributed by atoms with Gasteiger partial charge in [0.15, 0.2) is 0 Å². The monoisotopic (exact) mass is 241 g/mol. The van der Waals surface area contributed by atoms with E-state index in [1.807, 2.05) is 11.9 Å². The number of hydrogen-bond acceptors (Lipinski definition) is 5. The number of nitrogens with one attached hydrogen (secondary N) is 1. The number of amides is 1. The Morgan fingerprint density at radius 1 is 1.71 bits per heavy atom. The Kier molecular flexibility index (Phi) is 5.14. The van der Waals surface area contributed by atoms with Crippen molar-refractivity contribution in [1.82, 2.24) is 10.3 Å². The molecule has 1 heterocycles. The zero-order chi connectivity index (χ0) is 12.8. The topological polar surface area (TPSA) is 91.7 Å². The zero-order valence-corrected chi connectivity index (χ0v) is 10.1. The number of furan rings is 1. The van der Waals surface area contributed by atoms with Gasteiger partial charge in [-0.2, -0.15) is 0 Å². The van der Waals surface area contributed by atoms with Gasteiger partial charge in [-0.3, -0.25) is 15.1 Å². The molecular formula is C11H19N3O3. The molecule has 6 heteroatoms. The molecule has 0 spiro atoms. The molecule has 0 fully saturated rings. The van der Waals surface area contributed by atoms with Crippen molar-refractivity contribution in [1.29, 1.82) is 0 Å². The summed E-state index contributed by atoms with van der Waals surface area (Å²) in [6.07, 6.45) is 1.80. The highest BCUT2D eigenvalue weighted by atomic mass is 16.3. The quantitative estimate of drug-likeness (QED) is 0.373. The van der Waals surface area contributed by atoms with Crippen molar-refractivity contribution in [3.63, 3.8) is 0 Å². The molecule has 6 nitrogen and oxygen atoms in total. The molecule has 1 aromatic rings. The first-order valence-corrected chi connectivity index (χ1v) is 5.48. The Bertz CT molecular complexity index is 363. The van der Waals surface area contributed by atoms with Crippen LogP contribution in [0.5, 0.6) is 0 Å². The highest BCUT2D eigenvalue weighted by molar-refractivity contribution is 5.94. The van der Waals surface area contributed by atoms with E-state index in [0.29, 0.717) is 24.3 Å². The summed E-state index contributed by atoms with van der Waals surface area (Å²) in [5, 5.41) is 9.18. The third-order valence-corrected chi connectivity index (χ3v) is 2.46. The van der Waals surface area contributed by atoms with Gasteiger partial charge in [-0.1, -0.05) is 0 Å². The predicted octanol–water partition coefficient (Wildman–Crippen LogP) is 0.0858. The van der Waals surface area contributed by atoms with Gasteiger partial charge < -0.3 is 9.52 Å². The standard InChI is InChI=1S/C11H19N3O3/c1-8(15)3-5-14(2)7-10-9(4-6-17-10)11(16)13-12/h4,6,8,15H,3,5,7,12H2,1-2H3,(H,13,16). The van der Waals surface area contributed by atoms with Crippen LogP contribution in [0, 0.1) is 0 Å². The minimum Gasteiger partial charge on any atom is -0.467 e. The molecule has 0 saturated carbocycles. The van der Waals surface area contributed by atoms with E-state index in [0.717, 1.165) is 6.54 Å². The van der Waals surface area contributed by atoms with E-state index < -0.39 is 0 Å². The maximum atomic E-state index is 11.4. The molecule has 0 aliphatic carbocycles. The van der Waals surface area contributed by atoms with Crippen molar-refractivity contribution in [3.05, 3.63) is 23.7 Å². The number of carbonyl (C=O) groups excluding carboxylic acids is 1. The van der Waals surface area contributed by atoms with E-state index in [-0.39, 0.29) is 12.0 Å². The van der Waals surface area contributed by atoms with Gasteiger partial charge in [0.2, 0.25) is 0 Å². The van der Waals surface area contributed by atoms with Crippen molar-refractivity contribution >= 4 is 5.91 Å². The molecule has 1 rings (SSSR count). The minimum atomic E-state index is -0.363. The maximum absolute atomic E-state index is 11.4. The van der Waals surface area contributed by atoms with Gasteiger partial charge in [0.1, 0.15) is 5.76 Å². The van der Waals surface area contributed by atoms with Crippen LogP contribution in [-0.4, -0.2) is 35.6 Å². The molecule has 17 heavy (non-hydrogen) atoms. The smallest absolute Gasteiger partial charge is 0.268 e. The molecule has 0 radical (unpaired) electrons. The number of carbonyl (C=O) groups is 1. The Morgan fingerprint density at radius 2 is 2.41 bits per heavy atom. The summed E-state index contributed by atoms with van der Waals surface area (Å²) in [5.74, 6) is 5.28. The van der Waals surface area contributed by atoms with Gasteiger partial charge in [-0.05, 0) is 26.5 Å². The number of nitrogens with two attached hydrogens (primary N) is 1. The van der Waals surface area contributed by atoms with Crippen molar-refractivity contribution in [2.24, 2.45) is 5.84 Å². The van der Waals surface area contributed by atoms with E-state index in [1.54, 1.807) is 13.0 Å². The lowest BCUT2D eigenvalue weighted by molar-refractivity contribution is 0.0949. The van der Waals surface area contributed by atoms with Crippen LogP contribution in [0.25, 0.3) is 0 Å². The second-order valence-corrected chi connectivity index (χ2v) is 4.11. The van der Waals surface area contributed by atoms with Gasteiger partial charge in [0.05, 0.1) is 24.5 Å². The van der Waals surface area contributed by atoms with Crippen LogP contribution in [0.4, 0.5) is 0 Å². The molecule has 1 amide bonds. The van der Waals surface area contributed by atoms with Gasteiger partial charge >= 0.3 is 0 Å². The summed E-state index contributed by atoms with van der Waals surface area (Å²) in [6, 6.07) is 1.58. The highest BCUT2D eigenvalue weighted by Crippen LogP contribution is 2.12. The Balaban J connectivity index is 2.56. The number of aliphatic hydroxyl groups excluding tert-OH is 1. The predicted molar refractivity (Wildman–Crippen MR) is 63.0 cm³/mol. The molecule has 4 N–H and O–H groups in total. The second kappa shape index (κ2) is 6.39. The van der Waals surface area contributed by atoms with Gasteiger partial charge in [-0.15, -0.1) is 0 Å². The van der Waals surface area contributed by atoms with Gasteiger partial charge in [0.25, 0.3) is 5.91 Å². The third-order valence-electron chi connectivity index (χ3n) is 2.46. The van der Waals surface area contributed by atoms with Gasteiger partial charge in [0, 0.05) is 6.54 Å². The molecular weight excluding hydrogens is 222 g/mol. The molecule has 0 aromatic carbocycles. The van der Waals surface area contributed by atoms with Crippen LogP contribution in [0.2, 0.25) is 0 Å². The number of nitrogens with zero attached hydrogens (tertiary/aromatic N) is 1. The summed E-state index contributed by atoms with van der Waals surface area (Å²) < 4.78 is 5.24. The lowest BCUT2D eigenvalue weighted by Crippen LogP contribution is -2.31. The molecule has 0 saturated heterocycles. The number of nitrogen functional groups attached to an aromatic ring is 1. The number of aliphatic hydroxyl groups is 1. The average Bonchev–Trinajstić information content (AvgIpc) is 2.73. The van der Waals surface area contributed by atoms with Crippen LogP contribution in [0.15, 0.2) is 16.7 Å². The fourth-order valence-corrected chi connectivity index (χ4v) is 1.47. The minimum absolute atomic E-state index is 0.333. The normalized spacial score (nSPS) is 12.8. The van der Waals surface area contributed by atoms with E-state index >= 15 is 0 Å². The zero-order valence-electron chi connectivity index (χ0n) is 10.1. The first-order chi connectivity index (χ1) is 8.04. The van der Waals surface area contributed by atoms with Gasteiger partial charge in [-0.25, -0.2) is 5.84 Å². The van der Waals surface area contributed by atoms with Crippen molar-refractivity contribution in [2.75, 3.05) is 13.6 Å². The number of hydrazine groups is 1. The Hall–Kier alpha value is -1.37. The largest absolute Gasteiger partial charge is 0.467 e. The summed E-state index contributed by atoms with van der Waals surface area (Å²) in [7, 11) is 1.90. The first kappa shape index (κ1) is 13.7. The average molecular weight is 241 g/mol. The van der Waals surface area contributed by atoms with Crippen LogP contribution in [0.1, 0.15) is 29.5 Å². The molecule has 96 valence electrons.